The van der Waals surface area contributed by atoms with E-state index in [-0.39, 0.29) is 12.7 Å². The smallest absolute Gasteiger partial charge is 0.0602 e. The topological polar surface area (TPSA) is 40.5 Å². The van der Waals surface area contributed by atoms with Gasteiger partial charge in [-0.1, -0.05) is 36.6 Å². The molecule has 0 aromatic rings. The minimum absolute atomic E-state index is 0.134. The zero-order valence-electron chi connectivity index (χ0n) is 10.2. The van der Waals surface area contributed by atoms with E-state index in [1.54, 1.807) is 0 Å². The number of hydrogen-bond acceptors (Lipinski definition) is 2. The molecule has 2 atom stereocenters. The molecule has 1 aliphatic rings. The molecule has 1 aliphatic carbocycles. The van der Waals surface area contributed by atoms with Crippen molar-refractivity contribution in [3.8, 4) is 0 Å². The van der Waals surface area contributed by atoms with Crippen molar-refractivity contribution >= 4 is 0 Å². The molecule has 0 bridgehead atoms. The van der Waals surface area contributed by atoms with Crippen LogP contribution >= 0.6 is 0 Å². The molecule has 0 unspecified atom stereocenters. The summed E-state index contributed by atoms with van der Waals surface area (Å²) in [5.41, 5.74) is 1.32. The lowest BCUT2D eigenvalue weighted by atomic mass is 9.85. The van der Waals surface area contributed by atoms with Crippen LogP contribution in [0.1, 0.15) is 45.4 Å². The minimum Gasteiger partial charge on any atom is -0.396 e. The van der Waals surface area contributed by atoms with Gasteiger partial charge in [0.05, 0.1) is 6.10 Å². The molecule has 16 heavy (non-hydrogen) atoms. The molecule has 1 saturated carbocycles. The Morgan fingerprint density at radius 1 is 1.25 bits per heavy atom. The summed E-state index contributed by atoms with van der Waals surface area (Å²) in [6.45, 7) is 2.34. The fourth-order valence-electron chi connectivity index (χ4n) is 2.23. The summed E-state index contributed by atoms with van der Waals surface area (Å²) in [5.74, 6) is 0.361. The fraction of sp³-hybridized carbons (Fsp3) is 0.714. The summed E-state index contributed by atoms with van der Waals surface area (Å²) >= 11 is 0. The van der Waals surface area contributed by atoms with E-state index in [9.17, 15) is 5.11 Å². The van der Waals surface area contributed by atoms with Gasteiger partial charge in [-0.2, -0.15) is 0 Å². The summed E-state index contributed by atoms with van der Waals surface area (Å²) in [6, 6.07) is 0. The van der Waals surface area contributed by atoms with Crippen LogP contribution in [-0.4, -0.2) is 22.9 Å². The Hall–Kier alpha value is -0.600. The first-order valence-electron chi connectivity index (χ1n) is 6.35. The highest BCUT2D eigenvalue weighted by molar-refractivity contribution is 5.08. The van der Waals surface area contributed by atoms with Gasteiger partial charge in [-0.05, 0) is 32.6 Å². The van der Waals surface area contributed by atoms with Gasteiger partial charge in [0.2, 0.25) is 0 Å². The van der Waals surface area contributed by atoms with Gasteiger partial charge in [-0.3, -0.25) is 0 Å². The molecule has 0 heterocycles. The Balaban J connectivity index is 2.36. The van der Waals surface area contributed by atoms with E-state index in [0.717, 1.165) is 25.7 Å². The SMILES string of the molecule is C/C(=C\[C@@H]1CCCC[C@H]1O)C/C=C/CCO. The highest BCUT2D eigenvalue weighted by Gasteiger charge is 2.20. The first-order valence-corrected chi connectivity index (χ1v) is 6.35. The second-order valence-corrected chi connectivity index (χ2v) is 4.72. The summed E-state index contributed by atoms with van der Waals surface area (Å²) in [7, 11) is 0. The van der Waals surface area contributed by atoms with E-state index in [1.165, 1.54) is 18.4 Å². The quantitative estimate of drug-likeness (QED) is 0.705. The Bertz CT molecular complexity index is 243. The zero-order chi connectivity index (χ0) is 11.8. The molecule has 0 spiro atoms. The van der Waals surface area contributed by atoms with Crippen molar-refractivity contribution in [3.63, 3.8) is 0 Å². The Morgan fingerprint density at radius 3 is 2.69 bits per heavy atom. The maximum absolute atomic E-state index is 9.83. The summed E-state index contributed by atoms with van der Waals surface area (Å²) in [6.07, 6.45) is 12.4. The number of aliphatic hydroxyl groups is 2. The molecule has 1 fully saturated rings. The third-order valence-corrected chi connectivity index (χ3v) is 3.18. The maximum Gasteiger partial charge on any atom is 0.0602 e. The number of aliphatic hydroxyl groups excluding tert-OH is 2. The lowest BCUT2D eigenvalue weighted by Gasteiger charge is -2.25. The second kappa shape index (κ2) is 7.64. The van der Waals surface area contributed by atoms with Gasteiger partial charge in [0.25, 0.3) is 0 Å². The molecular weight excluding hydrogens is 200 g/mol. The van der Waals surface area contributed by atoms with E-state index in [0.29, 0.717) is 5.92 Å². The molecule has 0 aromatic carbocycles. The van der Waals surface area contributed by atoms with Crippen molar-refractivity contribution in [3.05, 3.63) is 23.8 Å². The summed E-state index contributed by atoms with van der Waals surface area (Å²) in [4.78, 5) is 0. The van der Waals surface area contributed by atoms with Gasteiger partial charge in [0.1, 0.15) is 0 Å². The predicted octanol–water partition coefficient (Wildman–Crippen LogP) is 2.81. The van der Waals surface area contributed by atoms with Crippen molar-refractivity contribution in [2.75, 3.05) is 6.61 Å². The van der Waals surface area contributed by atoms with Gasteiger partial charge < -0.3 is 10.2 Å². The third kappa shape index (κ3) is 4.95. The van der Waals surface area contributed by atoms with Crippen LogP contribution in [0.2, 0.25) is 0 Å². The van der Waals surface area contributed by atoms with Crippen LogP contribution in [0.5, 0.6) is 0 Å². The first kappa shape index (κ1) is 13.5. The highest BCUT2D eigenvalue weighted by Crippen LogP contribution is 2.26. The van der Waals surface area contributed by atoms with Crippen molar-refractivity contribution in [2.24, 2.45) is 5.92 Å². The van der Waals surface area contributed by atoms with Crippen LogP contribution in [-0.2, 0) is 0 Å². The van der Waals surface area contributed by atoms with Crippen molar-refractivity contribution in [2.45, 2.75) is 51.6 Å². The van der Waals surface area contributed by atoms with E-state index in [1.807, 2.05) is 6.08 Å². The van der Waals surface area contributed by atoms with Gasteiger partial charge in [-0.25, -0.2) is 0 Å². The van der Waals surface area contributed by atoms with Crippen LogP contribution in [0.25, 0.3) is 0 Å². The molecule has 92 valence electrons. The second-order valence-electron chi connectivity index (χ2n) is 4.72. The first-order chi connectivity index (χ1) is 7.74. The Morgan fingerprint density at radius 2 is 2.00 bits per heavy atom. The van der Waals surface area contributed by atoms with E-state index in [4.69, 9.17) is 5.11 Å². The molecular formula is C14H24O2. The van der Waals surface area contributed by atoms with Crippen LogP contribution < -0.4 is 0 Å². The van der Waals surface area contributed by atoms with Crippen LogP contribution in [0.3, 0.4) is 0 Å². The average molecular weight is 224 g/mol. The molecule has 0 radical (unpaired) electrons. The highest BCUT2D eigenvalue weighted by atomic mass is 16.3. The number of allylic oxidation sites excluding steroid dienone is 2. The lowest BCUT2D eigenvalue weighted by Crippen LogP contribution is -2.22. The van der Waals surface area contributed by atoms with E-state index < -0.39 is 0 Å². The Labute approximate surface area is 98.7 Å². The van der Waals surface area contributed by atoms with Crippen molar-refractivity contribution in [1.82, 2.24) is 0 Å². The van der Waals surface area contributed by atoms with Gasteiger partial charge in [-0.15, -0.1) is 0 Å². The average Bonchev–Trinajstić information content (AvgIpc) is 2.28. The van der Waals surface area contributed by atoms with Crippen LogP contribution in [0.15, 0.2) is 23.8 Å². The summed E-state index contributed by atoms with van der Waals surface area (Å²) < 4.78 is 0. The monoisotopic (exact) mass is 224 g/mol. The van der Waals surface area contributed by atoms with Crippen molar-refractivity contribution in [1.29, 1.82) is 0 Å². The molecule has 0 aliphatic heterocycles. The van der Waals surface area contributed by atoms with E-state index in [2.05, 4.69) is 19.1 Å². The van der Waals surface area contributed by atoms with Crippen molar-refractivity contribution < 1.29 is 10.2 Å². The largest absolute Gasteiger partial charge is 0.396 e. The maximum atomic E-state index is 9.83. The summed E-state index contributed by atoms with van der Waals surface area (Å²) in [5, 5.41) is 18.5. The molecule has 0 aromatic heterocycles. The molecule has 1 rings (SSSR count). The molecule has 2 heteroatoms. The Kier molecular flexibility index (Phi) is 6.43. The predicted molar refractivity (Wildman–Crippen MR) is 67.2 cm³/mol. The van der Waals surface area contributed by atoms with Gasteiger partial charge in [0.15, 0.2) is 0 Å². The molecule has 0 saturated heterocycles. The fourth-order valence-corrected chi connectivity index (χ4v) is 2.23. The number of rotatable bonds is 5. The van der Waals surface area contributed by atoms with Crippen LogP contribution in [0, 0.1) is 5.92 Å². The minimum atomic E-state index is -0.134. The lowest BCUT2D eigenvalue weighted by molar-refractivity contribution is 0.0923. The van der Waals surface area contributed by atoms with Gasteiger partial charge in [0, 0.05) is 12.5 Å². The third-order valence-electron chi connectivity index (χ3n) is 3.18. The normalized spacial score (nSPS) is 27.6. The molecule has 2 nitrogen and oxygen atoms in total. The van der Waals surface area contributed by atoms with Crippen LogP contribution in [0.4, 0.5) is 0 Å². The number of hydrogen-bond donors (Lipinski definition) is 2. The zero-order valence-corrected chi connectivity index (χ0v) is 10.2. The molecule has 2 N–H and O–H groups in total. The standard InChI is InChI=1S/C14H24O2/c1-12(7-3-2-6-10-15)11-13-8-4-5-9-14(13)16/h2-3,11,13-16H,4-10H2,1H3/b3-2+,12-11+/t13-,14+/m0/s1. The van der Waals surface area contributed by atoms with Gasteiger partial charge >= 0.3 is 0 Å². The molecule has 0 amide bonds. The van der Waals surface area contributed by atoms with E-state index >= 15 is 0 Å².